The van der Waals surface area contributed by atoms with Crippen LogP contribution in [-0.4, -0.2) is 23.1 Å². The number of hydrogen-bond acceptors (Lipinski definition) is 5. The van der Waals surface area contributed by atoms with Crippen LogP contribution in [0.4, 0.5) is 16.2 Å². The number of aliphatic carboxylic acids is 1. The molecule has 0 aromatic heterocycles. The van der Waals surface area contributed by atoms with Crippen LogP contribution >= 0.6 is 0 Å². The van der Waals surface area contributed by atoms with Crippen LogP contribution in [0.15, 0.2) is 24.3 Å². The second kappa shape index (κ2) is 6.12. The van der Waals surface area contributed by atoms with E-state index in [1.165, 1.54) is 0 Å². The van der Waals surface area contributed by atoms with Crippen molar-refractivity contribution in [1.82, 2.24) is 5.48 Å². The number of amides is 2. The number of carbonyl (C=O) groups is 3. The summed E-state index contributed by atoms with van der Waals surface area (Å²) in [5.41, 5.74) is 8.52. The summed E-state index contributed by atoms with van der Waals surface area (Å²) in [6.07, 6.45) is 0.463. The fourth-order valence-electron chi connectivity index (χ4n) is 1.91. The van der Waals surface area contributed by atoms with Crippen molar-refractivity contribution in [1.29, 1.82) is 0 Å². The van der Waals surface area contributed by atoms with E-state index in [-0.39, 0.29) is 12.8 Å². The van der Waals surface area contributed by atoms with Gasteiger partial charge in [0.15, 0.2) is 0 Å². The summed E-state index contributed by atoms with van der Waals surface area (Å²) in [4.78, 5) is 38.2. The first-order chi connectivity index (χ1) is 9.95. The Morgan fingerprint density at radius 3 is 2.33 bits per heavy atom. The highest BCUT2D eigenvalue weighted by Gasteiger charge is 2.40. The Labute approximate surface area is 120 Å². The second-order valence-electron chi connectivity index (χ2n) is 4.80. The van der Waals surface area contributed by atoms with E-state index in [1.807, 2.05) is 5.48 Å². The zero-order valence-electron chi connectivity index (χ0n) is 11.0. The molecule has 0 unspecified atom stereocenters. The van der Waals surface area contributed by atoms with Crippen molar-refractivity contribution in [3.8, 4) is 0 Å². The SMILES string of the molecule is Nc1ccc(NC(=O)NOC(=O)C2CC(C(=O)O)C2)cc1. The lowest BCUT2D eigenvalue weighted by atomic mass is 9.75. The van der Waals surface area contributed by atoms with E-state index in [1.54, 1.807) is 24.3 Å². The molecule has 0 radical (unpaired) electrons. The van der Waals surface area contributed by atoms with Crippen molar-refractivity contribution in [3.05, 3.63) is 24.3 Å². The van der Waals surface area contributed by atoms with Crippen LogP contribution in [0.5, 0.6) is 0 Å². The maximum absolute atomic E-state index is 11.5. The Morgan fingerprint density at radius 1 is 1.14 bits per heavy atom. The Balaban J connectivity index is 1.71. The van der Waals surface area contributed by atoms with E-state index < -0.39 is 29.8 Å². The van der Waals surface area contributed by atoms with Gasteiger partial charge in [0.1, 0.15) is 0 Å². The predicted molar refractivity (Wildman–Crippen MR) is 73.0 cm³/mol. The summed E-state index contributed by atoms with van der Waals surface area (Å²) in [6.45, 7) is 0. The van der Waals surface area contributed by atoms with Gasteiger partial charge in [-0.3, -0.25) is 4.79 Å². The lowest BCUT2D eigenvalue weighted by molar-refractivity contribution is -0.162. The molecular formula is C13H15N3O5. The molecule has 112 valence electrons. The standard InChI is InChI=1S/C13H15N3O5/c14-9-1-3-10(4-2-9)15-13(20)16-21-12(19)8-5-7(6-8)11(17)18/h1-4,7-8H,5-6,14H2,(H,17,18)(H2,15,16,20). The highest BCUT2D eigenvalue weighted by Crippen LogP contribution is 2.34. The van der Waals surface area contributed by atoms with Gasteiger partial charge >= 0.3 is 18.0 Å². The van der Waals surface area contributed by atoms with Crippen molar-refractivity contribution < 1.29 is 24.3 Å². The van der Waals surface area contributed by atoms with Gasteiger partial charge in [-0.1, -0.05) is 0 Å². The van der Waals surface area contributed by atoms with Gasteiger partial charge in [0.2, 0.25) is 0 Å². The fraction of sp³-hybridized carbons (Fsp3) is 0.308. The van der Waals surface area contributed by atoms with Gasteiger partial charge < -0.3 is 21.0 Å². The molecule has 8 nitrogen and oxygen atoms in total. The molecule has 1 aromatic carbocycles. The molecule has 1 saturated carbocycles. The number of carboxylic acids is 1. The number of hydrogen-bond donors (Lipinski definition) is 4. The number of nitrogen functional groups attached to an aromatic ring is 1. The number of nitrogens with two attached hydrogens (primary N) is 1. The number of anilines is 2. The van der Waals surface area contributed by atoms with Gasteiger partial charge in [-0.05, 0) is 37.1 Å². The van der Waals surface area contributed by atoms with E-state index in [2.05, 4.69) is 10.2 Å². The normalized spacial score (nSPS) is 20.0. The molecule has 1 aromatic rings. The molecule has 8 heteroatoms. The Morgan fingerprint density at radius 2 is 1.76 bits per heavy atom. The van der Waals surface area contributed by atoms with Crippen LogP contribution in [-0.2, 0) is 14.4 Å². The predicted octanol–water partition coefficient (Wildman–Crippen LogP) is 0.959. The highest BCUT2D eigenvalue weighted by molar-refractivity contribution is 5.89. The Hall–Kier alpha value is -2.77. The number of urea groups is 1. The quantitative estimate of drug-likeness (QED) is 0.485. The molecule has 0 spiro atoms. The molecule has 0 atom stereocenters. The average Bonchev–Trinajstić information content (AvgIpc) is 2.37. The maximum Gasteiger partial charge on any atom is 0.352 e. The number of benzene rings is 1. The van der Waals surface area contributed by atoms with Gasteiger partial charge in [0.05, 0.1) is 11.8 Å². The van der Waals surface area contributed by atoms with Crippen LogP contribution in [0.25, 0.3) is 0 Å². The first-order valence-corrected chi connectivity index (χ1v) is 6.31. The molecule has 0 heterocycles. The molecule has 1 aliphatic rings. The minimum Gasteiger partial charge on any atom is -0.481 e. The summed E-state index contributed by atoms with van der Waals surface area (Å²) in [6, 6.07) is 5.71. The van der Waals surface area contributed by atoms with Gasteiger partial charge in [0.25, 0.3) is 0 Å². The molecule has 2 rings (SSSR count). The summed E-state index contributed by atoms with van der Waals surface area (Å²) in [5, 5.41) is 11.1. The van der Waals surface area contributed by atoms with Crippen LogP contribution in [0.1, 0.15) is 12.8 Å². The first kappa shape index (κ1) is 14.6. The van der Waals surface area contributed by atoms with E-state index >= 15 is 0 Å². The van der Waals surface area contributed by atoms with E-state index in [0.29, 0.717) is 11.4 Å². The molecule has 0 saturated heterocycles. The molecule has 2 amide bonds. The lowest BCUT2D eigenvalue weighted by Crippen LogP contribution is -2.40. The third-order valence-corrected chi connectivity index (χ3v) is 3.23. The third kappa shape index (κ3) is 3.85. The van der Waals surface area contributed by atoms with Crippen LogP contribution in [0.2, 0.25) is 0 Å². The monoisotopic (exact) mass is 293 g/mol. The average molecular weight is 293 g/mol. The smallest absolute Gasteiger partial charge is 0.352 e. The van der Waals surface area contributed by atoms with Gasteiger partial charge in [-0.25, -0.2) is 9.59 Å². The van der Waals surface area contributed by atoms with Crippen LogP contribution in [0, 0.1) is 11.8 Å². The summed E-state index contributed by atoms with van der Waals surface area (Å²) in [7, 11) is 0. The Kier molecular flexibility index (Phi) is 4.27. The maximum atomic E-state index is 11.5. The van der Waals surface area contributed by atoms with Crippen molar-refractivity contribution in [2.75, 3.05) is 11.1 Å². The number of rotatable bonds is 3. The first-order valence-electron chi connectivity index (χ1n) is 6.31. The summed E-state index contributed by atoms with van der Waals surface area (Å²) >= 11 is 0. The Bertz CT molecular complexity index is 551. The number of hydroxylamine groups is 1. The number of nitrogens with one attached hydrogen (secondary N) is 2. The second-order valence-corrected chi connectivity index (χ2v) is 4.80. The van der Waals surface area contributed by atoms with Gasteiger partial charge in [-0.2, -0.15) is 5.48 Å². The van der Waals surface area contributed by atoms with Crippen molar-refractivity contribution in [2.24, 2.45) is 11.8 Å². The minimum absolute atomic E-state index is 0.232. The minimum atomic E-state index is -0.923. The number of carbonyl (C=O) groups excluding carboxylic acids is 2. The van der Waals surface area contributed by atoms with E-state index in [0.717, 1.165) is 0 Å². The highest BCUT2D eigenvalue weighted by atomic mass is 16.7. The molecule has 5 N–H and O–H groups in total. The summed E-state index contributed by atoms with van der Waals surface area (Å²) in [5.74, 6) is -2.55. The molecule has 1 fully saturated rings. The van der Waals surface area contributed by atoms with Gasteiger partial charge in [-0.15, -0.1) is 0 Å². The third-order valence-electron chi connectivity index (χ3n) is 3.23. The van der Waals surface area contributed by atoms with E-state index in [9.17, 15) is 14.4 Å². The zero-order chi connectivity index (χ0) is 15.4. The van der Waals surface area contributed by atoms with E-state index in [4.69, 9.17) is 10.8 Å². The summed E-state index contributed by atoms with van der Waals surface area (Å²) < 4.78 is 0. The zero-order valence-corrected chi connectivity index (χ0v) is 11.0. The van der Waals surface area contributed by atoms with Crippen LogP contribution in [0.3, 0.4) is 0 Å². The number of carboxylic acid groups (broad SMARTS) is 1. The van der Waals surface area contributed by atoms with Crippen molar-refractivity contribution in [2.45, 2.75) is 12.8 Å². The van der Waals surface area contributed by atoms with Crippen molar-refractivity contribution in [3.63, 3.8) is 0 Å². The van der Waals surface area contributed by atoms with Gasteiger partial charge in [0, 0.05) is 11.4 Å². The lowest BCUT2D eigenvalue weighted by Gasteiger charge is -2.29. The molecule has 0 bridgehead atoms. The molecule has 21 heavy (non-hydrogen) atoms. The fourth-order valence-corrected chi connectivity index (χ4v) is 1.91. The molecular weight excluding hydrogens is 278 g/mol. The molecule has 1 aliphatic carbocycles. The van der Waals surface area contributed by atoms with Crippen molar-refractivity contribution >= 4 is 29.3 Å². The largest absolute Gasteiger partial charge is 0.481 e. The topological polar surface area (TPSA) is 131 Å². The molecule has 0 aliphatic heterocycles. The van der Waals surface area contributed by atoms with Crippen LogP contribution < -0.4 is 16.5 Å².